The van der Waals surface area contributed by atoms with E-state index in [1.165, 1.54) is 6.92 Å². The summed E-state index contributed by atoms with van der Waals surface area (Å²) >= 11 is 0. The molecule has 0 atom stereocenters. The SMILES string of the molecule is CC(=O)c1ccc(N(CCCN(C)C)CCC(=O)O)cc1. The summed E-state index contributed by atoms with van der Waals surface area (Å²) in [5.74, 6) is -0.765. The van der Waals surface area contributed by atoms with E-state index < -0.39 is 5.97 Å². The molecule has 5 nitrogen and oxygen atoms in total. The number of hydrogen-bond donors (Lipinski definition) is 1. The molecule has 0 aliphatic carbocycles. The molecule has 116 valence electrons. The van der Waals surface area contributed by atoms with Crippen LogP contribution in [-0.4, -0.2) is 55.5 Å². The van der Waals surface area contributed by atoms with Crippen molar-refractivity contribution < 1.29 is 14.7 Å². The second-order valence-electron chi connectivity index (χ2n) is 5.39. The van der Waals surface area contributed by atoms with E-state index in [4.69, 9.17) is 5.11 Å². The van der Waals surface area contributed by atoms with Gasteiger partial charge in [0.05, 0.1) is 6.42 Å². The highest BCUT2D eigenvalue weighted by molar-refractivity contribution is 5.94. The molecule has 0 heterocycles. The lowest BCUT2D eigenvalue weighted by Gasteiger charge is -2.25. The Bertz CT molecular complexity index is 469. The Kier molecular flexibility index (Phi) is 6.88. The van der Waals surface area contributed by atoms with Gasteiger partial charge in [-0.05, 0) is 58.3 Å². The van der Waals surface area contributed by atoms with Gasteiger partial charge in [0, 0.05) is 24.3 Å². The number of carboxylic acid groups (broad SMARTS) is 1. The molecular weight excluding hydrogens is 268 g/mol. The fourth-order valence-corrected chi connectivity index (χ4v) is 2.09. The number of nitrogens with zero attached hydrogens (tertiary/aromatic N) is 2. The Balaban J connectivity index is 2.73. The van der Waals surface area contributed by atoms with Crippen molar-refractivity contribution >= 4 is 17.4 Å². The number of carbonyl (C=O) groups excluding carboxylic acids is 1. The van der Waals surface area contributed by atoms with Crippen molar-refractivity contribution in [1.82, 2.24) is 4.90 Å². The molecule has 1 N–H and O–H groups in total. The molecule has 1 aromatic rings. The Hall–Kier alpha value is -1.88. The minimum Gasteiger partial charge on any atom is -0.481 e. The molecule has 5 heteroatoms. The summed E-state index contributed by atoms with van der Waals surface area (Å²) in [5, 5.41) is 8.86. The summed E-state index contributed by atoms with van der Waals surface area (Å²) in [7, 11) is 4.03. The zero-order valence-corrected chi connectivity index (χ0v) is 13.0. The van der Waals surface area contributed by atoms with Gasteiger partial charge in [-0.2, -0.15) is 0 Å². The van der Waals surface area contributed by atoms with E-state index in [-0.39, 0.29) is 12.2 Å². The van der Waals surface area contributed by atoms with Gasteiger partial charge in [-0.25, -0.2) is 0 Å². The lowest BCUT2D eigenvalue weighted by Crippen LogP contribution is -2.29. The standard InChI is InChI=1S/C16H24N2O3/c1-13(19)14-5-7-15(8-6-14)18(12-9-16(20)21)11-4-10-17(2)3/h5-8H,4,9-12H2,1-3H3,(H,20,21). The maximum atomic E-state index is 11.3. The summed E-state index contributed by atoms with van der Waals surface area (Å²) in [5.41, 5.74) is 1.63. The summed E-state index contributed by atoms with van der Waals surface area (Å²) in [6.07, 6.45) is 1.07. The van der Waals surface area contributed by atoms with Crippen LogP contribution in [0, 0.1) is 0 Å². The van der Waals surface area contributed by atoms with Gasteiger partial charge in [-0.1, -0.05) is 0 Å². The van der Waals surface area contributed by atoms with Crippen molar-refractivity contribution in [2.75, 3.05) is 38.6 Å². The van der Waals surface area contributed by atoms with Gasteiger partial charge in [0.1, 0.15) is 0 Å². The van der Waals surface area contributed by atoms with Crippen LogP contribution >= 0.6 is 0 Å². The van der Waals surface area contributed by atoms with Gasteiger partial charge in [0.25, 0.3) is 0 Å². The summed E-state index contributed by atoms with van der Waals surface area (Å²) in [6, 6.07) is 7.34. The number of ketones is 1. The van der Waals surface area contributed by atoms with Gasteiger partial charge < -0.3 is 14.9 Å². The zero-order chi connectivity index (χ0) is 15.8. The highest BCUT2D eigenvalue weighted by Gasteiger charge is 2.09. The number of benzene rings is 1. The number of aliphatic carboxylic acids is 1. The molecule has 0 radical (unpaired) electrons. The molecule has 0 fully saturated rings. The van der Waals surface area contributed by atoms with Crippen molar-refractivity contribution in [3.8, 4) is 0 Å². The summed E-state index contributed by atoms with van der Waals surface area (Å²) in [4.78, 5) is 26.2. The maximum absolute atomic E-state index is 11.3. The van der Waals surface area contributed by atoms with E-state index >= 15 is 0 Å². The molecule has 0 aliphatic heterocycles. The molecule has 0 unspecified atom stereocenters. The average Bonchev–Trinajstić information content (AvgIpc) is 2.42. The monoisotopic (exact) mass is 292 g/mol. The molecule has 1 rings (SSSR count). The molecule has 21 heavy (non-hydrogen) atoms. The second-order valence-corrected chi connectivity index (χ2v) is 5.39. The Labute approximate surface area is 126 Å². The molecule has 1 aromatic carbocycles. The van der Waals surface area contributed by atoms with Gasteiger partial charge in [0.2, 0.25) is 0 Å². The lowest BCUT2D eigenvalue weighted by atomic mass is 10.1. The topological polar surface area (TPSA) is 60.9 Å². The van der Waals surface area contributed by atoms with Crippen molar-refractivity contribution in [1.29, 1.82) is 0 Å². The predicted octanol–water partition coefficient (Wildman–Crippen LogP) is 2.12. The number of hydrogen-bond acceptors (Lipinski definition) is 4. The van der Waals surface area contributed by atoms with Gasteiger partial charge >= 0.3 is 5.97 Å². The average molecular weight is 292 g/mol. The highest BCUT2D eigenvalue weighted by atomic mass is 16.4. The minimum absolute atomic E-state index is 0.0336. The first kappa shape index (κ1) is 17.2. The first-order valence-electron chi connectivity index (χ1n) is 7.12. The predicted molar refractivity (Wildman–Crippen MR) is 84.1 cm³/mol. The van der Waals surface area contributed by atoms with Crippen LogP contribution in [0.2, 0.25) is 0 Å². The minimum atomic E-state index is -0.798. The van der Waals surface area contributed by atoms with Crippen LogP contribution in [0.1, 0.15) is 30.1 Å². The van der Waals surface area contributed by atoms with E-state index in [0.29, 0.717) is 12.1 Å². The van der Waals surface area contributed by atoms with Gasteiger partial charge in [0.15, 0.2) is 5.78 Å². The molecule has 0 amide bonds. The first-order valence-corrected chi connectivity index (χ1v) is 7.12. The van der Waals surface area contributed by atoms with E-state index in [1.54, 1.807) is 12.1 Å². The van der Waals surface area contributed by atoms with Crippen LogP contribution in [0.15, 0.2) is 24.3 Å². The van der Waals surface area contributed by atoms with Crippen LogP contribution < -0.4 is 4.90 Å². The van der Waals surface area contributed by atoms with Crippen molar-refractivity contribution in [2.45, 2.75) is 19.8 Å². The van der Waals surface area contributed by atoms with Crippen LogP contribution in [0.3, 0.4) is 0 Å². The molecule has 0 saturated heterocycles. The Morgan fingerprint density at radius 3 is 2.14 bits per heavy atom. The van der Waals surface area contributed by atoms with E-state index in [9.17, 15) is 9.59 Å². The highest BCUT2D eigenvalue weighted by Crippen LogP contribution is 2.16. The Morgan fingerprint density at radius 2 is 1.67 bits per heavy atom. The molecule has 0 aliphatic rings. The lowest BCUT2D eigenvalue weighted by molar-refractivity contribution is -0.136. The quantitative estimate of drug-likeness (QED) is 0.706. The number of anilines is 1. The van der Waals surface area contributed by atoms with Crippen LogP contribution in [-0.2, 0) is 4.79 Å². The zero-order valence-electron chi connectivity index (χ0n) is 13.0. The third kappa shape index (κ3) is 6.40. The second kappa shape index (κ2) is 8.42. The van der Waals surface area contributed by atoms with Gasteiger partial charge in [-0.3, -0.25) is 9.59 Å². The van der Waals surface area contributed by atoms with Crippen LogP contribution in [0.5, 0.6) is 0 Å². The third-order valence-corrected chi connectivity index (χ3v) is 3.27. The Morgan fingerprint density at radius 1 is 1.05 bits per heavy atom. The molecule has 0 bridgehead atoms. The molecule has 0 spiro atoms. The molecule has 0 saturated carbocycles. The number of carboxylic acids is 1. The van der Waals surface area contributed by atoms with E-state index in [2.05, 4.69) is 9.80 Å². The molecule has 0 aromatic heterocycles. The van der Waals surface area contributed by atoms with Crippen molar-refractivity contribution in [3.63, 3.8) is 0 Å². The fourth-order valence-electron chi connectivity index (χ4n) is 2.09. The van der Waals surface area contributed by atoms with E-state index in [0.717, 1.165) is 25.2 Å². The fraction of sp³-hybridized carbons (Fsp3) is 0.500. The summed E-state index contributed by atoms with van der Waals surface area (Å²) < 4.78 is 0. The smallest absolute Gasteiger partial charge is 0.305 e. The largest absolute Gasteiger partial charge is 0.481 e. The third-order valence-electron chi connectivity index (χ3n) is 3.27. The normalized spacial score (nSPS) is 10.7. The van der Waals surface area contributed by atoms with Crippen molar-refractivity contribution in [2.24, 2.45) is 0 Å². The first-order chi connectivity index (χ1) is 9.90. The van der Waals surface area contributed by atoms with Crippen molar-refractivity contribution in [3.05, 3.63) is 29.8 Å². The van der Waals surface area contributed by atoms with Gasteiger partial charge in [-0.15, -0.1) is 0 Å². The van der Waals surface area contributed by atoms with E-state index in [1.807, 2.05) is 26.2 Å². The number of Topliss-reactive ketones (excluding diaryl/α,β-unsaturated/α-hetero) is 1. The van der Waals surface area contributed by atoms with Crippen LogP contribution in [0.4, 0.5) is 5.69 Å². The molecular formula is C16H24N2O3. The number of rotatable bonds is 9. The van der Waals surface area contributed by atoms with Crippen LogP contribution in [0.25, 0.3) is 0 Å². The summed E-state index contributed by atoms with van der Waals surface area (Å²) in [6.45, 7) is 3.76. The number of carbonyl (C=O) groups is 2. The maximum Gasteiger partial charge on any atom is 0.305 e.